The third-order valence-corrected chi connectivity index (χ3v) is 3.98. The average molecular weight is 410 g/mol. The quantitative estimate of drug-likeness (QED) is 0.701. The lowest BCUT2D eigenvalue weighted by atomic mass is 10.2. The first-order valence-electron chi connectivity index (χ1n) is 6.18. The van der Waals surface area contributed by atoms with Crippen LogP contribution in [0.1, 0.15) is 0 Å². The fourth-order valence-corrected chi connectivity index (χ4v) is 3.57. The molecular formula is C15H10Br2N2O2. The lowest BCUT2D eigenvalue weighted by Crippen LogP contribution is -2.10. The number of para-hydroxylation sites is 2. The second-order valence-electron chi connectivity index (χ2n) is 4.56. The number of carboxylic acid groups (broad SMARTS) is 1. The van der Waals surface area contributed by atoms with Gasteiger partial charge in [-0.05, 0) is 30.3 Å². The van der Waals surface area contributed by atoms with Crippen molar-refractivity contribution in [2.45, 2.75) is 6.54 Å². The van der Waals surface area contributed by atoms with E-state index in [0.29, 0.717) is 5.82 Å². The highest BCUT2D eigenvalue weighted by Gasteiger charge is 2.15. The van der Waals surface area contributed by atoms with E-state index in [1.54, 1.807) is 4.57 Å². The molecule has 0 unspecified atom stereocenters. The van der Waals surface area contributed by atoms with Crippen molar-refractivity contribution in [3.8, 4) is 11.4 Å². The van der Waals surface area contributed by atoms with Gasteiger partial charge in [-0.15, -0.1) is 0 Å². The molecule has 106 valence electrons. The Morgan fingerprint density at radius 1 is 1.14 bits per heavy atom. The number of carbonyl (C=O) groups is 1. The summed E-state index contributed by atoms with van der Waals surface area (Å²) < 4.78 is 3.52. The van der Waals surface area contributed by atoms with Crippen molar-refractivity contribution in [3.05, 3.63) is 51.4 Å². The van der Waals surface area contributed by atoms with Crippen LogP contribution in [0.2, 0.25) is 0 Å². The zero-order valence-electron chi connectivity index (χ0n) is 10.8. The normalized spacial score (nSPS) is 11.0. The summed E-state index contributed by atoms with van der Waals surface area (Å²) in [4.78, 5) is 15.7. The van der Waals surface area contributed by atoms with Gasteiger partial charge in [0.2, 0.25) is 0 Å². The SMILES string of the molecule is O=C(O)Cn1c(-c2cc(Br)cc(Br)c2)nc2ccccc21. The van der Waals surface area contributed by atoms with Crippen LogP contribution >= 0.6 is 31.9 Å². The molecule has 0 radical (unpaired) electrons. The molecule has 0 saturated carbocycles. The van der Waals surface area contributed by atoms with Gasteiger partial charge in [-0.1, -0.05) is 44.0 Å². The van der Waals surface area contributed by atoms with Gasteiger partial charge in [0.05, 0.1) is 11.0 Å². The van der Waals surface area contributed by atoms with E-state index in [2.05, 4.69) is 36.8 Å². The van der Waals surface area contributed by atoms with E-state index in [-0.39, 0.29) is 6.54 Å². The minimum absolute atomic E-state index is 0.125. The standard InChI is InChI=1S/C15H10Br2N2O2/c16-10-5-9(6-11(17)7-10)15-18-12-3-1-2-4-13(12)19(15)8-14(20)21/h1-7H,8H2,(H,20,21). The van der Waals surface area contributed by atoms with Gasteiger partial charge in [-0.25, -0.2) is 4.98 Å². The summed E-state index contributed by atoms with van der Waals surface area (Å²) in [6, 6.07) is 13.3. The second-order valence-corrected chi connectivity index (χ2v) is 6.39. The van der Waals surface area contributed by atoms with Crippen LogP contribution in [0.5, 0.6) is 0 Å². The van der Waals surface area contributed by atoms with Gasteiger partial charge in [-0.2, -0.15) is 0 Å². The Labute approximate surface area is 137 Å². The molecule has 4 nitrogen and oxygen atoms in total. The van der Waals surface area contributed by atoms with Crippen molar-refractivity contribution in [1.82, 2.24) is 9.55 Å². The molecule has 21 heavy (non-hydrogen) atoms. The maximum atomic E-state index is 11.2. The van der Waals surface area contributed by atoms with Crippen molar-refractivity contribution >= 4 is 48.9 Å². The van der Waals surface area contributed by atoms with Crippen LogP contribution in [0.4, 0.5) is 0 Å². The van der Waals surface area contributed by atoms with Crippen molar-refractivity contribution < 1.29 is 9.90 Å². The number of fused-ring (bicyclic) bond motifs is 1. The molecule has 6 heteroatoms. The summed E-state index contributed by atoms with van der Waals surface area (Å²) in [7, 11) is 0. The summed E-state index contributed by atoms with van der Waals surface area (Å²) in [5.74, 6) is -0.255. The smallest absolute Gasteiger partial charge is 0.323 e. The highest BCUT2D eigenvalue weighted by Crippen LogP contribution is 2.29. The van der Waals surface area contributed by atoms with E-state index in [1.165, 1.54) is 0 Å². The first kappa shape index (κ1) is 14.3. The zero-order chi connectivity index (χ0) is 15.0. The summed E-state index contributed by atoms with van der Waals surface area (Å²) >= 11 is 6.89. The number of nitrogens with zero attached hydrogens (tertiary/aromatic N) is 2. The van der Waals surface area contributed by atoms with Crippen LogP contribution in [0.25, 0.3) is 22.4 Å². The molecule has 0 fully saturated rings. The number of aromatic nitrogens is 2. The minimum Gasteiger partial charge on any atom is -0.480 e. The minimum atomic E-state index is -0.895. The summed E-state index contributed by atoms with van der Waals surface area (Å²) in [6.07, 6.45) is 0. The zero-order valence-corrected chi connectivity index (χ0v) is 13.9. The molecule has 0 aliphatic carbocycles. The molecule has 0 aliphatic heterocycles. The van der Waals surface area contributed by atoms with Gasteiger partial charge >= 0.3 is 5.97 Å². The molecule has 0 spiro atoms. The Hall–Kier alpha value is -1.66. The van der Waals surface area contributed by atoms with E-state index in [4.69, 9.17) is 5.11 Å². The number of aliphatic carboxylic acids is 1. The molecule has 2 aromatic carbocycles. The molecule has 0 aliphatic rings. The van der Waals surface area contributed by atoms with Gasteiger partial charge in [0, 0.05) is 14.5 Å². The summed E-state index contributed by atoms with van der Waals surface area (Å²) in [6.45, 7) is -0.125. The van der Waals surface area contributed by atoms with Crippen molar-refractivity contribution in [2.75, 3.05) is 0 Å². The third-order valence-electron chi connectivity index (χ3n) is 3.07. The Morgan fingerprint density at radius 2 is 1.81 bits per heavy atom. The van der Waals surface area contributed by atoms with E-state index < -0.39 is 5.97 Å². The number of halogens is 2. The monoisotopic (exact) mass is 408 g/mol. The lowest BCUT2D eigenvalue weighted by Gasteiger charge is -2.07. The molecule has 1 heterocycles. The van der Waals surface area contributed by atoms with Gasteiger partial charge in [0.25, 0.3) is 0 Å². The molecule has 1 N–H and O–H groups in total. The Balaban J connectivity index is 2.27. The Bertz CT molecular complexity index is 823. The topological polar surface area (TPSA) is 55.1 Å². The molecule has 1 aromatic heterocycles. The number of benzene rings is 2. The Morgan fingerprint density at radius 3 is 2.48 bits per heavy atom. The molecule has 0 saturated heterocycles. The summed E-state index contributed by atoms with van der Waals surface area (Å²) in [5.41, 5.74) is 2.45. The fourth-order valence-electron chi connectivity index (χ4n) is 2.27. The van der Waals surface area contributed by atoms with Gasteiger partial charge < -0.3 is 9.67 Å². The van der Waals surface area contributed by atoms with Gasteiger partial charge in [0.15, 0.2) is 0 Å². The van der Waals surface area contributed by atoms with E-state index in [9.17, 15) is 4.79 Å². The molecule has 3 rings (SSSR count). The van der Waals surface area contributed by atoms with E-state index in [1.807, 2.05) is 42.5 Å². The lowest BCUT2D eigenvalue weighted by molar-refractivity contribution is -0.137. The molecular weight excluding hydrogens is 400 g/mol. The van der Waals surface area contributed by atoms with Crippen molar-refractivity contribution in [3.63, 3.8) is 0 Å². The van der Waals surface area contributed by atoms with E-state index in [0.717, 1.165) is 25.5 Å². The first-order chi connectivity index (χ1) is 10.0. The largest absolute Gasteiger partial charge is 0.480 e. The van der Waals surface area contributed by atoms with Gasteiger partial charge in [-0.3, -0.25) is 4.79 Å². The van der Waals surface area contributed by atoms with Crippen molar-refractivity contribution in [1.29, 1.82) is 0 Å². The maximum Gasteiger partial charge on any atom is 0.323 e. The fraction of sp³-hybridized carbons (Fsp3) is 0.0667. The maximum absolute atomic E-state index is 11.2. The van der Waals surface area contributed by atoms with Crippen LogP contribution in [-0.2, 0) is 11.3 Å². The number of rotatable bonds is 3. The Kier molecular flexibility index (Phi) is 3.82. The molecule has 3 aromatic rings. The number of hydrogen-bond acceptors (Lipinski definition) is 2. The van der Waals surface area contributed by atoms with E-state index >= 15 is 0 Å². The average Bonchev–Trinajstić information content (AvgIpc) is 2.76. The summed E-state index contributed by atoms with van der Waals surface area (Å²) in [5, 5.41) is 9.16. The van der Waals surface area contributed by atoms with Crippen LogP contribution < -0.4 is 0 Å². The number of imidazole rings is 1. The molecule has 0 amide bonds. The number of carboxylic acids is 1. The highest BCUT2D eigenvalue weighted by molar-refractivity contribution is 9.11. The third kappa shape index (κ3) is 2.87. The van der Waals surface area contributed by atoms with Crippen molar-refractivity contribution in [2.24, 2.45) is 0 Å². The van der Waals surface area contributed by atoms with Crippen LogP contribution in [-0.4, -0.2) is 20.6 Å². The van der Waals surface area contributed by atoms with Crippen LogP contribution in [0.3, 0.4) is 0 Å². The van der Waals surface area contributed by atoms with Crippen LogP contribution in [0, 0.1) is 0 Å². The predicted octanol–water partition coefficient (Wildman–Crippen LogP) is 4.31. The van der Waals surface area contributed by atoms with Gasteiger partial charge in [0.1, 0.15) is 12.4 Å². The van der Waals surface area contributed by atoms with Crippen LogP contribution in [0.15, 0.2) is 51.4 Å². The first-order valence-corrected chi connectivity index (χ1v) is 7.77. The predicted molar refractivity (Wildman–Crippen MR) is 88.2 cm³/mol. The number of hydrogen-bond donors (Lipinski definition) is 1. The second kappa shape index (κ2) is 5.61. The highest BCUT2D eigenvalue weighted by atomic mass is 79.9. The molecule has 0 atom stereocenters. The molecule has 0 bridgehead atoms.